The van der Waals surface area contributed by atoms with Crippen molar-refractivity contribution in [3.8, 4) is 5.75 Å². The highest BCUT2D eigenvalue weighted by atomic mass is 32.2. The molecular weight excluding hydrogens is 366 g/mol. The van der Waals surface area contributed by atoms with Crippen molar-refractivity contribution in [2.24, 2.45) is 5.73 Å². The van der Waals surface area contributed by atoms with Gasteiger partial charge in [0.2, 0.25) is 0 Å². The largest absolute Gasteiger partial charge is 0.496 e. The highest BCUT2D eigenvalue weighted by Crippen LogP contribution is 2.34. The number of methoxy groups -OCH3 is 1. The van der Waals surface area contributed by atoms with Gasteiger partial charge in [-0.15, -0.1) is 0 Å². The predicted octanol–water partition coefficient (Wildman–Crippen LogP) is 2.43. The van der Waals surface area contributed by atoms with Crippen molar-refractivity contribution in [1.82, 2.24) is 8.96 Å². The van der Waals surface area contributed by atoms with Crippen LogP contribution in [0.1, 0.15) is 18.5 Å². The average Bonchev–Trinajstić information content (AvgIpc) is 3.08. The molecule has 1 atom stereocenters. The highest BCUT2D eigenvalue weighted by Gasteiger charge is 2.28. The van der Waals surface area contributed by atoms with Crippen molar-refractivity contribution in [3.05, 3.63) is 66.5 Å². The van der Waals surface area contributed by atoms with Gasteiger partial charge in [-0.1, -0.05) is 24.8 Å². The number of nitrogens with two attached hydrogens (primary N) is 1. The fourth-order valence-electron chi connectivity index (χ4n) is 2.83. The summed E-state index contributed by atoms with van der Waals surface area (Å²) in [4.78, 5) is 16.7. The lowest BCUT2D eigenvalue weighted by molar-refractivity contribution is -0.116. The fraction of sp³-hybridized carbons (Fsp3) is 0.158. The molecule has 2 N–H and O–H groups in total. The van der Waals surface area contributed by atoms with Gasteiger partial charge >= 0.3 is 0 Å². The number of aromatic nitrogens is 2. The third-order valence-corrected chi connectivity index (χ3v) is 5.87. The zero-order valence-electron chi connectivity index (χ0n) is 14.9. The number of ether oxygens (including phenoxy) is 1. The molecule has 3 rings (SSSR count). The number of hydrogen-bond acceptors (Lipinski definition) is 6. The first kappa shape index (κ1) is 18.8. The number of rotatable bonds is 6. The Hall–Kier alpha value is -2.97. The molecule has 0 saturated heterocycles. The minimum Gasteiger partial charge on any atom is -0.496 e. The van der Waals surface area contributed by atoms with Crippen LogP contribution in [0.5, 0.6) is 5.75 Å². The van der Waals surface area contributed by atoms with Crippen molar-refractivity contribution < 1.29 is 17.9 Å². The summed E-state index contributed by atoms with van der Waals surface area (Å²) in [5.41, 5.74) is 6.84. The Morgan fingerprint density at radius 1 is 1.26 bits per heavy atom. The Balaban J connectivity index is 2.33. The second kappa shape index (κ2) is 6.98. The maximum atomic E-state index is 13.1. The second-order valence-electron chi connectivity index (χ2n) is 6.03. The molecule has 27 heavy (non-hydrogen) atoms. The van der Waals surface area contributed by atoms with Crippen molar-refractivity contribution >= 4 is 26.8 Å². The van der Waals surface area contributed by atoms with Crippen LogP contribution in [0.4, 0.5) is 0 Å². The van der Waals surface area contributed by atoms with Gasteiger partial charge in [-0.25, -0.2) is 17.4 Å². The van der Waals surface area contributed by atoms with Gasteiger partial charge in [-0.2, -0.15) is 0 Å². The lowest BCUT2D eigenvalue weighted by atomic mass is 10.00. The van der Waals surface area contributed by atoms with Gasteiger partial charge in [0.05, 0.1) is 23.4 Å². The number of pyridine rings is 1. The first-order chi connectivity index (χ1) is 12.8. The van der Waals surface area contributed by atoms with Crippen LogP contribution in [0.2, 0.25) is 0 Å². The molecule has 1 unspecified atom stereocenters. The summed E-state index contributed by atoms with van der Waals surface area (Å²) < 4.78 is 32.6. The van der Waals surface area contributed by atoms with Crippen LogP contribution in [0, 0.1) is 0 Å². The first-order valence-corrected chi connectivity index (χ1v) is 9.53. The third-order valence-electron chi connectivity index (χ3n) is 4.20. The third kappa shape index (κ3) is 3.13. The molecule has 0 amide bonds. The van der Waals surface area contributed by atoms with Gasteiger partial charge in [0.15, 0.2) is 11.4 Å². The number of carbonyl (C=O) groups is 1. The number of hydrogen-bond donors (Lipinski definition) is 1. The number of carbonyl (C=O) groups excluding carboxylic acids is 1. The SMILES string of the molecule is C=C(C)C(=O)C(N)c1cn(S(=O)(=O)c2ccccc2)c2nccc(OC)c12. The van der Waals surface area contributed by atoms with Gasteiger partial charge < -0.3 is 10.5 Å². The van der Waals surface area contributed by atoms with E-state index in [0.29, 0.717) is 16.7 Å². The topological polar surface area (TPSA) is 104 Å². The summed E-state index contributed by atoms with van der Waals surface area (Å²) in [5, 5.41) is 0.376. The van der Waals surface area contributed by atoms with E-state index in [-0.39, 0.29) is 16.1 Å². The van der Waals surface area contributed by atoms with Crippen LogP contribution in [0.25, 0.3) is 11.0 Å². The van der Waals surface area contributed by atoms with Crippen LogP contribution in [0.15, 0.2) is 65.8 Å². The smallest absolute Gasteiger partial charge is 0.269 e. The van der Waals surface area contributed by atoms with Crippen LogP contribution < -0.4 is 10.5 Å². The van der Waals surface area contributed by atoms with Crippen LogP contribution in [-0.2, 0) is 14.8 Å². The van der Waals surface area contributed by atoms with Crippen molar-refractivity contribution in [2.75, 3.05) is 7.11 Å². The van der Waals surface area contributed by atoms with E-state index >= 15 is 0 Å². The van der Waals surface area contributed by atoms with Crippen LogP contribution in [-0.4, -0.2) is 30.3 Å². The van der Waals surface area contributed by atoms with E-state index in [1.54, 1.807) is 31.2 Å². The molecule has 0 fully saturated rings. The number of ketones is 1. The minimum absolute atomic E-state index is 0.0952. The number of nitrogens with zero attached hydrogens (tertiary/aromatic N) is 2. The van der Waals surface area contributed by atoms with E-state index in [9.17, 15) is 13.2 Å². The molecule has 1 aromatic carbocycles. The minimum atomic E-state index is -3.94. The molecule has 0 bridgehead atoms. The van der Waals surface area contributed by atoms with Gasteiger partial charge in [0.25, 0.3) is 10.0 Å². The number of Topliss-reactive ketones (excluding diaryl/α,β-unsaturated/α-hetero) is 1. The molecule has 0 spiro atoms. The van der Waals surface area contributed by atoms with E-state index in [0.717, 1.165) is 3.97 Å². The molecule has 8 heteroatoms. The van der Waals surface area contributed by atoms with E-state index < -0.39 is 21.8 Å². The Labute approximate surface area is 157 Å². The fourth-order valence-corrected chi connectivity index (χ4v) is 4.17. The lowest BCUT2D eigenvalue weighted by Gasteiger charge is -2.10. The molecule has 0 aliphatic rings. The van der Waals surface area contributed by atoms with Crippen molar-refractivity contribution in [3.63, 3.8) is 0 Å². The quantitative estimate of drug-likeness (QED) is 0.654. The normalized spacial score (nSPS) is 12.7. The molecule has 0 aliphatic carbocycles. The molecule has 0 aliphatic heterocycles. The maximum Gasteiger partial charge on any atom is 0.269 e. The monoisotopic (exact) mass is 385 g/mol. The Kier molecular flexibility index (Phi) is 4.86. The van der Waals surface area contributed by atoms with E-state index in [1.165, 1.54) is 31.6 Å². The Bertz CT molecular complexity index is 1130. The summed E-state index contributed by atoms with van der Waals surface area (Å²) in [7, 11) is -2.49. The molecule has 2 aromatic heterocycles. The van der Waals surface area contributed by atoms with E-state index in [4.69, 9.17) is 10.5 Å². The molecule has 0 saturated carbocycles. The second-order valence-corrected chi connectivity index (χ2v) is 7.85. The number of benzene rings is 1. The summed E-state index contributed by atoms with van der Waals surface area (Å²) in [6.07, 6.45) is 2.77. The average molecular weight is 385 g/mol. The van der Waals surface area contributed by atoms with E-state index in [1.807, 2.05) is 0 Å². The maximum absolute atomic E-state index is 13.1. The molecule has 7 nitrogen and oxygen atoms in total. The van der Waals surface area contributed by atoms with Crippen LogP contribution >= 0.6 is 0 Å². The Morgan fingerprint density at radius 2 is 1.93 bits per heavy atom. The molecule has 0 radical (unpaired) electrons. The first-order valence-electron chi connectivity index (χ1n) is 8.09. The van der Waals surface area contributed by atoms with Gasteiger partial charge in [0, 0.05) is 18.0 Å². The van der Waals surface area contributed by atoms with Crippen molar-refractivity contribution in [2.45, 2.75) is 17.9 Å². The molecular formula is C19H19N3O4S. The van der Waals surface area contributed by atoms with E-state index in [2.05, 4.69) is 11.6 Å². The zero-order chi connectivity index (χ0) is 19.8. The summed E-state index contributed by atoms with van der Waals surface area (Å²) in [5.74, 6) is -0.0148. The van der Waals surface area contributed by atoms with Crippen molar-refractivity contribution in [1.29, 1.82) is 0 Å². The number of fused-ring (bicyclic) bond motifs is 1. The standard InChI is InChI=1S/C19H19N3O4S/c1-12(2)18(23)17(20)14-11-22(19-16(14)15(26-3)9-10-21-19)27(24,25)13-7-5-4-6-8-13/h4-11,17H,1,20H2,2-3H3. The molecule has 140 valence electrons. The zero-order valence-corrected chi connectivity index (χ0v) is 15.7. The predicted molar refractivity (Wildman–Crippen MR) is 102 cm³/mol. The van der Waals surface area contributed by atoms with Crippen LogP contribution in [0.3, 0.4) is 0 Å². The highest BCUT2D eigenvalue weighted by molar-refractivity contribution is 7.90. The summed E-state index contributed by atoms with van der Waals surface area (Å²) >= 11 is 0. The van der Waals surface area contributed by atoms with Gasteiger partial charge in [-0.3, -0.25) is 4.79 Å². The van der Waals surface area contributed by atoms with Gasteiger partial charge in [-0.05, 0) is 30.7 Å². The van der Waals surface area contributed by atoms with Gasteiger partial charge in [0.1, 0.15) is 5.75 Å². The summed E-state index contributed by atoms with van der Waals surface area (Å²) in [6.45, 7) is 5.18. The molecule has 2 heterocycles. The summed E-state index contributed by atoms with van der Waals surface area (Å²) in [6, 6.07) is 8.45. The Morgan fingerprint density at radius 3 is 2.52 bits per heavy atom. The molecule has 3 aromatic rings. The lowest BCUT2D eigenvalue weighted by Crippen LogP contribution is -2.22.